The number of alkyl halides is 1. The third kappa shape index (κ3) is 3.11. The average molecular weight is 271 g/mol. The molecule has 0 aromatic heterocycles. The molecule has 0 atom stereocenters. The van der Waals surface area contributed by atoms with Crippen LogP contribution in [0.2, 0.25) is 5.02 Å². The van der Waals surface area contributed by atoms with Crippen molar-refractivity contribution in [2.45, 2.75) is 5.88 Å². The van der Waals surface area contributed by atoms with Crippen molar-refractivity contribution in [1.82, 2.24) is 0 Å². The number of halogens is 3. The predicted octanol–water partition coefficient (Wildman–Crippen LogP) is 5.01. The molecule has 0 N–H and O–H groups in total. The van der Waals surface area contributed by atoms with E-state index in [-0.39, 0.29) is 11.7 Å². The van der Waals surface area contributed by atoms with E-state index in [0.29, 0.717) is 16.5 Å². The van der Waals surface area contributed by atoms with Gasteiger partial charge in [0.2, 0.25) is 0 Å². The molecule has 0 radical (unpaired) electrons. The molecule has 2 aromatic carbocycles. The Labute approximate surface area is 109 Å². The van der Waals surface area contributed by atoms with Gasteiger partial charge in [-0.15, -0.1) is 11.6 Å². The molecule has 0 saturated heterocycles. The van der Waals surface area contributed by atoms with Gasteiger partial charge in [-0.05, 0) is 30.3 Å². The fraction of sp³-hybridized carbons (Fsp3) is 0.0769. The van der Waals surface area contributed by atoms with Crippen LogP contribution in [0.4, 0.5) is 4.39 Å². The molecule has 0 unspecified atom stereocenters. The summed E-state index contributed by atoms with van der Waals surface area (Å²) in [6.45, 7) is 0. The van der Waals surface area contributed by atoms with E-state index in [9.17, 15) is 4.39 Å². The van der Waals surface area contributed by atoms with Crippen LogP contribution in [0.15, 0.2) is 42.5 Å². The second-order valence-electron chi connectivity index (χ2n) is 3.45. The molecule has 0 heterocycles. The van der Waals surface area contributed by atoms with Crippen LogP contribution < -0.4 is 4.74 Å². The summed E-state index contributed by atoms with van der Waals surface area (Å²) < 4.78 is 18.5. The van der Waals surface area contributed by atoms with Gasteiger partial charge in [-0.25, -0.2) is 4.39 Å². The van der Waals surface area contributed by atoms with Gasteiger partial charge in [-0.2, -0.15) is 0 Å². The summed E-state index contributed by atoms with van der Waals surface area (Å²) in [5.41, 5.74) is 0.767. The topological polar surface area (TPSA) is 9.23 Å². The molecule has 88 valence electrons. The van der Waals surface area contributed by atoms with E-state index in [1.54, 1.807) is 30.3 Å². The Kier molecular flexibility index (Phi) is 3.87. The fourth-order valence-corrected chi connectivity index (χ4v) is 1.81. The van der Waals surface area contributed by atoms with Gasteiger partial charge in [-0.3, -0.25) is 0 Å². The lowest BCUT2D eigenvalue weighted by atomic mass is 10.2. The van der Waals surface area contributed by atoms with E-state index < -0.39 is 0 Å². The maximum atomic E-state index is 13.0. The predicted molar refractivity (Wildman–Crippen MR) is 67.5 cm³/mol. The molecule has 4 heteroatoms. The molecule has 0 aliphatic rings. The van der Waals surface area contributed by atoms with Gasteiger partial charge < -0.3 is 4.74 Å². The van der Waals surface area contributed by atoms with Crippen LogP contribution >= 0.6 is 23.2 Å². The van der Waals surface area contributed by atoms with Crippen molar-refractivity contribution in [1.29, 1.82) is 0 Å². The molecule has 2 aromatic rings. The van der Waals surface area contributed by atoms with Gasteiger partial charge in [0.25, 0.3) is 0 Å². The van der Waals surface area contributed by atoms with E-state index in [1.165, 1.54) is 12.1 Å². The van der Waals surface area contributed by atoms with Gasteiger partial charge in [0, 0.05) is 16.7 Å². The minimum absolute atomic E-state index is 0.283. The van der Waals surface area contributed by atoms with Crippen LogP contribution in [0.3, 0.4) is 0 Å². The number of rotatable bonds is 3. The van der Waals surface area contributed by atoms with E-state index in [4.69, 9.17) is 27.9 Å². The zero-order valence-corrected chi connectivity index (χ0v) is 10.3. The minimum Gasteiger partial charge on any atom is -0.457 e. The first kappa shape index (κ1) is 12.2. The summed E-state index contributed by atoms with van der Waals surface area (Å²) in [6, 6.07) is 11.1. The smallest absolute Gasteiger partial charge is 0.131 e. The van der Waals surface area contributed by atoms with Crippen molar-refractivity contribution in [3.8, 4) is 11.5 Å². The zero-order valence-electron chi connectivity index (χ0n) is 8.79. The first-order valence-corrected chi connectivity index (χ1v) is 5.88. The van der Waals surface area contributed by atoms with Crippen LogP contribution in [0.1, 0.15) is 5.56 Å². The van der Waals surface area contributed by atoms with Gasteiger partial charge in [0.1, 0.15) is 17.3 Å². The molecular weight excluding hydrogens is 262 g/mol. The van der Waals surface area contributed by atoms with Crippen molar-refractivity contribution in [3.05, 3.63) is 58.9 Å². The molecule has 2 rings (SSSR count). The molecule has 0 aliphatic heterocycles. The Morgan fingerprint density at radius 2 is 1.94 bits per heavy atom. The fourth-order valence-electron chi connectivity index (χ4n) is 1.41. The maximum Gasteiger partial charge on any atom is 0.131 e. The summed E-state index contributed by atoms with van der Waals surface area (Å²) in [5.74, 6) is 0.947. The van der Waals surface area contributed by atoms with Crippen LogP contribution in [-0.2, 0) is 5.88 Å². The van der Waals surface area contributed by atoms with E-state index >= 15 is 0 Å². The van der Waals surface area contributed by atoms with E-state index in [2.05, 4.69) is 0 Å². The summed E-state index contributed by atoms with van der Waals surface area (Å²) in [7, 11) is 0. The van der Waals surface area contributed by atoms with Crippen molar-refractivity contribution in [2.75, 3.05) is 0 Å². The summed E-state index contributed by atoms with van der Waals surface area (Å²) in [4.78, 5) is 0. The first-order chi connectivity index (χ1) is 8.19. The largest absolute Gasteiger partial charge is 0.457 e. The SMILES string of the molecule is Fc1cccc(Oc2ccc(Cl)cc2CCl)c1. The number of benzene rings is 2. The third-order valence-electron chi connectivity index (χ3n) is 2.19. The molecule has 0 aliphatic carbocycles. The lowest BCUT2D eigenvalue weighted by Crippen LogP contribution is -1.90. The standard InChI is InChI=1S/C13H9Cl2FO/c14-8-9-6-10(15)4-5-13(9)17-12-3-1-2-11(16)7-12/h1-7H,8H2. The van der Waals surface area contributed by atoms with Gasteiger partial charge >= 0.3 is 0 Å². The van der Waals surface area contributed by atoms with Crippen LogP contribution in [0, 0.1) is 5.82 Å². The Bertz CT molecular complexity index is 529. The molecule has 0 amide bonds. The molecular formula is C13H9Cl2FO. The van der Waals surface area contributed by atoms with Crippen molar-refractivity contribution >= 4 is 23.2 Å². The molecule has 1 nitrogen and oxygen atoms in total. The van der Waals surface area contributed by atoms with Crippen LogP contribution in [-0.4, -0.2) is 0 Å². The van der Waals surface area contributed by atoms with Gasteiger partial charge in [-0.1, -0.05) is 17.7 Å². The maximum absolute atomic E-state index is 13.0. The lowest BCUT2D eigenvalue weighted by Gasteiger charge is -2.09. The third-order valence-corrected chi connectivity index (χ3v) is 2.71. The van der Waals surface area contributed by atoms with E-state index in [1.807, 2.05) is 0 Å². The van der Waals surface area contributed by atoms with Crippen LogP contribution in [0.25, 0.3) is 0 Å². The molecule has 0 fully saturated rings. The monoisotopic (exact) mass is 270 g/mol. The second kappa shape index (κ2) is 5.39. The minimum atomic E-state index is -0.344. The average Bonchev–Trinajstić information content (AvgIpc) is 2.31. The van der Waals surface area contributed by atoms with Gasteiger partial charge in [0.15, 0.2) is 0 Å². The van der Waals surface area contributed by atoms with Gasteiger partial charge in [0.05, 0.1) is 5.88 Å². The van der Waals surface area contributed by atoms with E-state index in [0.717, 1.165) is 5.56 Å². The Balaban J connectivity index is 2.29. The molecule has 0 bridgehead atoms. The Morgan fingerprint density at radius 3 is 2.65 bits per heavy atom. The lowest BCUT2D eigenvalue weighted by molar-refractivity contribution is 0.473. The highest BCUT2D eigenvalue weighted by Gasteiger charge is 2.05. The summed E-state index contributed by atoms with van der Waals surface area (Å²) in [6.07, 6.45) is 0. The Hall–Kier alpha value is -1.25. The first-order valence-electron chi connectivity index (χ1n) is 4.97. The molecule has 0 saturated carbocycles. The van der Waals surface area contributed by atoms with Crippen LogP contribution in [0.5, 0.6) is 11.5 Å². The summed E-state index contributed by atoms with van der Waals surface area (Å²) in [5, 5.41) is 0.590. The number of hydrogen-bond acceptors (Lipinski definition) is 1. The highest BCUT2D eigenvalue weighted by molar-refractivity contribution is 6.30. The summed E-state index contributed by atoms with van der Waals surface area (Å²) >= 11 is 11.6. The van der Waals surface area contributed by atoms with Crippen molar-refractivity contribution in [2.24, 2.45) is 0 Å². The van der Waals surface area contributed by atoms with Crippen molar-refractivity contribution in [3.63, 3.8) is 0 Å². The molecule has 17 heavy (non-hydrogen) atoms. The zero-order chi connectivity index (χ0) is 12.3. The second-order valence-corrected chi connectivity index (χ2v) is 4.15. The number of ether oxygens (including phenoxy) is 1. The number of hydrogen-bond donors (Lipinski definition) is 0. The van der Waals surface area contributed by atoms with Crippen molar-refractivity contribution < 1.29 is 9.13 Å². The quantitative estimate of drug-likeness (QED) is 0.713. The Morgan fingerprint density at radius 1 is 1.12 bits per heavy atom. The highest BCUT2D eigenvalue weighted by atomic mass is 35.5. The normalized spacial score (nSPS) is 10.3. The molecule has 0 spiro atoms. The highest BCUT2D eigenvalue weighted by Crippen LogP contribution is 2.29.